The number of amides is 1. The quantitative estimate of drug-likeness (QED) is 0.370. The van der Waals surface area contributed by atoms with E-state index in [1.54, 1.807) is 44.2 Å². The molecule has 0 aliphatic rings. The Morgan fingerprint density at radius 3 is 2.66 bits per heavy atom. The highest BCUT2D eigenvalue weighted by molar-refractivity contribution is 5.83. The molecule has 0 aliphatic heterocycles. The number of rotatable bonds is 7. The van der Waals surface area contributed by atoms with E-state index in [1.807, 2.05) is 18.2 Å². The topological polar surface area (TPSA) is 107 Å². The Kier molecular flexibility index (Phi) is 6.03. The molecule has 29 heavy (non-hydrogen) atoms. The highest BCUT2D eigenvalue weighted by atomic mass is 16.6. The number of nitro groups is 1. The van der Waals surface area contributed by atoms with Gasteiger partial charge in [0, 0.05) is 17.7 Å². The zero-order chi connectivity index (χ0) is 20.8. The van der Waals surface area contributed by atoms with Crippen molar-refractivity contribution in [1.29, 1.82) is 0 Å². The lowest BCUT2D eigenvalue weighted by Gasteiger charge is -2.12. The molecule has 8 nitrogen and oxygen atoms in total. The van der Waals surface area contributed by atoms with Crippen molar-refractivity contribution in [2.45, 2.75) is 20.0 Å². The van der Waals surface area contributed by atoms with Crippen molar-refractivity contribution in [3.05, 3.63) is 82.1 Å². The van der Waals surface area contributed by atoms with Crippen LogP contribution in [0.1, 0.15) is 18.2 Å². The van der Waals surface area contributed by atoms with Gasteiger partial charge >= 0.3 is 0 Å². The molecule has 1 amide bonds. The van der Waals surface area contributed by atoms with E-state index in [2.05, 4.69) is 10.5 Å². The molecule has 0 radical (unpaired) electrons. The van der Waals surface area contributed by atoms with Crippen LogP contribution in [0.5, 0.6) is 5.75 Å². The van der Waals surface area contributed by atoms with Crippen molar-refractivity contribution in [2.75, 3.05) is 0 Å². The van der Waals surface area contributed by atoms with Crippen molar-refractivity contribution in [3.8, 4) is 17.1 Å². The Hall–Kier alpha value is -3.94. The van der Waals surface area contributed by atoms with Crippen LogP contribution in [0.3, 0.4) is 0 Å². The molecule has 3 aromatic rings. The summed E-state index contributed by atoms with van der Waals surface area (Å²) < 4.78 is 11.2. The third-order valence-electron chi connectivity index (χ3n) is 4.10. The highest BCUT2D eigenvalue weighted by Crippen LogP contribution is 2.28. The summed E-state index contributed by atoms with van der Waals surface area (Å²) in [4.78, 5) is 22.5. The van der Waals surface area contributed by atoms with E-state index >= 15 is 0 Å². The SMILES string of the molecule is Cc1cc([N+](=O)[O-])ccc1-c1ccc(/C=N\NC(=O)[C@H](C)Oc2ccccc2)o1. The van der Waals surface area contributed by atoms with Crippen LogP contribution in [-0.4, -0.2) is 23.1 Å². The van der Waals surface area contributed by atoms with Gasteiger partial charge in [0.1, 0.15) is 17.3 Å². The maximum Gasteiger partial charge on any atom is 0.280 e. The summed E-state index contributed by atoms with van der Waals surface area (Å²) in [6.07, 6.45) is 0.654. The van der Waals surface area contributed by atoms with Crippen molar-refractivity contribution >= 4 is 17.8 Å². The smallest absolute Gasteiger partial charge is 0.280 e. The maximum atomic E-state index is 12.1. The standard InChI is InChI=1S/C21H19N3O5/c1-14-12-16(24(26)27)8-10-19(14)20-11-9-18(29-20)13-22-23-21(25)15(2)28-17-6-4-3-5-7-17/h3-13,15H,1-2H3,(H,23,25)/b22-13-/t15-/m0/s1. The largest absolute Gasteiger partial charge is 0.481 e. The molecule has 8 heteroatoms. The van der Waals surface area contributed by atoms with Gasteiger partial charge in [0.15, 0.2) is 6.10 Å². The molecule has 0 spiro atoms. The van der Waals surface area contributed by atoms with Crippen molar-refractivity contribution < 1.29 is 18.9 Å². The molecule has 0 aliphatic carbocycles. The second-order valence-electron chi connectivity index (χ2n) is 6.27. The molecule has 0 saturated heterocycles. The highest BCUT2D eigenvalue weighted by Gasteiger charge is 2.14. The van der Waals surface area contributed by atoms with Crippen LogP contribution in [0.15, 0.2) is 70.2 Å². The van der Waals surface area contributed by atoms with E-state index in [1.165, 1.54) is 18.3 Å². The molecular formula is C21H19N3O5. The Morgan fingerprint density at radius 1 is 1.21 bits per heavy atom. The van der Waals surface area contributed by atoms with Gasteiger partial charge < -0.3 is 9.15 Å². The second-order valence-corrected chi connectivity index (χ2v) is 6.27. The van der Waals surface area contributed by atoms with Gasteiger partial charge in [-0.05, 0) is 49.7 Å². The lowest BCUT2D eigenvalue weighted by Crippen LogP contribution is -2.33. The van der Waals surface area contributed by atoms with Crippen LogP contribution in [0.4, 0.5) is 5.69 Å². The number of hydrazone groups is 1. The molecule has 2 aromatic carbocycles. The molecule has 0 saturated carbocycles. The fourth-order valence-corrected chi connectivity index (χ4v) is 2.61. The summed E-state index contributed by atoms with van der Waals surface area (Å²) in [7, 11) is 0. The predicted molar refractivity (Wildman–Crippen MR) is 108 cm³/mol. The fraction of sp³-hybridized carbons (Fsp3) is 0.143. The number of hydrogen-bond acceptors (Lipinski definition) is 6. The average molecular weight is 393 g/mol. The van der Waals surface area contributed by atoms with E-state index < -0.39 is 16.9 Å². The first-order chi connectivity index (χ1) is 13.9. The van der Waals surface area contributed by atoms with Crippen molar-refractivity contribution in [2.24, 2.45) is 5.10 Å². The average Bonchev–Trinajstić information content (AvgIpc) is 3.17. The third-order valence-corrected chi connectivity index (χ3v) is 4.10. The van der Waals surface area contributed by atoms with Gasteiger partial charge in [-0.15, -0.1) is 0 Å². The molecule has 0 bridgehead atoms. The molecule has 3 rings (SSSR count). The molecule has 1 heterocycles. The first-order valence-corrected chi connectivity index (χ1v) is 8.84. The minimum Gasteiger partial charge on any atom is -0.481 e. The maximum absolute atomic E-state index is 12.1. The number of ether oxygens (including phenoxy) is 1. The van der Waals surface area contributed by atoms with Gasteiger partial charge in [-0.3, -0.25) is 14.9 Å². The number of nitrogens with zero attached hydrogens (tertiary/aromatic N) is 2. The number of aryl methyl sites for hydroxylation is 1. The number of nitrogens with one attached hydrogen (secondary N) is 1. The molecular weight excluding hydrogens is 374 g/mol. The van der Waals surface area contributed by atoms with Gasteiger partial charge in [0.2, 0.25) is 0 Å². The van der Waals surface area contributed by atoms with E-state index in [-0.39, 0.29) is 5.69 Å². The summed E-state index contributed by atoms with van der Waals surface area (Å²) >= 11 is 0. The van der Waals surface area contributed by atoms with Crippen LogP contribution < -0.4 is 10.2 Å². The second kappa shape index (κ2) is 8.83. The van der Waals surface area contributed by atoms with E-state index in [9.17, 15) is 14.9 Å². The number of nitro benzene ring substituents is 1. The van der Waals surface area contributed by atoms with Crippen LogP contribution in [0.25, 0.3) is 11.3 Å². The minimum atomic E-state index is -0.718. The number of non-ortho nitro benzene ring substituents is 1. The van der Waals surface area contributed by atoms with Crippen LogP contribution in [0, 0.1) is 17.0 Å². The normalized spacial score (nSPS) is 11.9. The van der Waals surface area contributed by atoms with E-state index in [0.29, 0.717) is 17.3 Å². The molecule has 1 atom stereocenters. The van der Waals surface area contributed by atoms with Gasteiger partial charge in [-0.25, -0.2) is 5.43 Å². The summed E-state index contributed by atoms with van der Waals surface area (Å²) in [6.45, 7) is 3.40. The lowest BCUT2D eigenvalue weighted by atomic mass is 10.1. The molecule has 1 N–H and O–H groups in total. The minimum absolute atomic E-state index is 0.0224. The molecule has 0 unspecified atom stereocenters. The van der Waals surface area contributed by atoms with E-state index in [4.69, 9.17) is 9.15 Å². The zero-order valence-corrected chi connectivity index (χ0v) is 15.9. The number of carbonyl (C=O) groups is 1. The van der Waals surface area contributed by atoms with Crippen LogP contribution in [0.2, 0.25) is 0 Å². The Balaban J connectivity index is 1.60. The number of para-hydroxylation sites is 1. The van der Waals surface area contributed by atoms with Crippen molar-refractivity contribution in [1.82, 2.24) is 5.43 Å². The van der Waals surface area contributed by atoms with Gasteiger partial charge in [-0.1, -0.05) is 18.2 Å². The van der Waals surface area contributed by atoms with Gasteiger partial charge in [0.25, 0.3) is 11.6 Å². The summed E-state index contributed by atoms with van der Waals surface area (Å²) in [5.74, 6) is 1.16. The summed E-state index contributed by atoms with van der Waals surface area (Å²) in [6, 6.07) is 17.0. The Labute approximate surface area is 167 Å². The lowest BCUT2D eigenvalue weighted by molar-refractivity contribution is -0.384. The zero-order valence-electron chi connectivity index (χ0n) is 15.9. The fourth-order valence-electron chi connectivity index (χ4n) is 2.61. The molecule has 148 valence electrons. The van der Waals surface area contributed by atoms with Gasteiger partial charge in [0.05, 0.1) is 11.1 Å². The Morgan fingerprint density at radius 2 is 1.97 bits per heavy atom. The summed E-state index contributed by atoms with van der Waals surface area (Å²) in [5, 5.41) is 14.7. The first kappa shape index (κ1) is 19.8. The monoisotopic (exact) mass is 393 g/mol. The number of furan rings is 1. The van der Waals surface area contributed by atoms with Crippen LogP contribution in [-0.2, 0) is 4.79 Å². The third kappa shape index (κ3) is 5.07. The molecule has 0 fully saturated rings. The number of benzene rings is 2. The number of carbonyl (C=O) groups excluding carboxylic acids is 1. The van der Waals surface area contributed by atoms with Crippen molar-refractivity contribution in [3.63, 3.8) is 0 Å². The Bertz CT molecular complexity index is 1040. The van der Waals surface area contributed by atoms with Gasteiger partial charge in [-0.2, -0.15) is 5.10 Å². The summed E-state index contributed by atoms with van der Waals surface area (Å²) in [5.41, 5.74) is 3.88. The van der Waals surface area contributed by atoms with Crippen LogP contribution >= 0.6 is 0 Å². The first-order valence-electron chi connectivity index (χ1n) is 8.84. The predicted octanol–water partition coefficient (Wildman–Crippen LogP) is 4.08. The van der Waals surface area contributed by atoms with E-state index in [0.717, 1.165) is 11.1 Å². The molecule has 1 aromatic heterocycles. The number of hydrogen-bond donors (Lipinski definition) is 1.